The molecule has 1 aromatic rings. The molecule has 32 heavy (non-hydrogen) atoms. The molecular weight excluding hydrogens is 400 g/mol. The molecule has 1 N–H and O–H groups in total. The van der Waals surface area contributed by atoms with Gasteiger partial charge in [-0.3, -0.25) is 4.79 Å². The highest BCUT2D eigenvalue weighted by molar-refractivity contribution is 5.83. The summed E-state index contributed by atoms with van der Waals surface area (Å²) in [5.74, 6) is 6.66. The first-order chi connectivity index (χ1) is 15.6. The Hall–Kier alpha value is -1.55. The Kier molecular flexibility index (Phi) is 2.84. The molecule has 9 saturated carbocycles. The molecule has 0 aliphatic heterocycles. The molecule has 0 heterocycles. The number of methoxy groups -OCH3 is 1. The van der Waals surface area contributed by atoms with Crippen LogP contribution < -0.4 is 4.74 Å². The number of hydrogen-bond donors (Lipinski definition) is 1. The smallest absolute Gasteiger partial charge is 0.315 e. The Balaban J connectivity index is 1.32. The van der Waals surface area contributed by atoms with Gasteiger partial charge in [0.05, 0.1) is 19.3 Å². The average Bonchev–Trinajstić information content (AvgIpc) is 3.59. The van der Waals surface area contributed by atoms with Crippen molar-refractivity contribution in [2.75, 3.05) is 13.7 Å². The van der Waals surface area contributed by atoms with E-state index < -0.39 is 11.0 Å². The molecule has 0 aromatic heterocycles. The van der Waals surface area contributed by atoms with E-state index in [4.69, 9.17) is 9.47 Å². The summed E-state index contributed by atoms with van der Waals surface area (Å²) in [6.45, 7) is 0.580. The summed E-state index contributed by atoms with van der Waals surface area (Å²) in [6, 6.07) is 10.2. The number of esters is 1. The zero-order valence-corrected chi connectivity index (χ0v) is 18.7. The first-order valence-electron chi connectivity index (χ1n) is 13.1. The van der Waals surface area contributed by atoms with Gasteiger partial charge >= 0.3 is 5.97 Å². The average molecular weight is 433 g/mol. The van der Waals surface area contributed by atoms with Gasteiger partial charge in [-0.15, -0.1) is 0 Å². The van der Waals surface area contributed by atoms with Gasteiger partial charge in [-0.2, -0.15) is 0 Å². The van der Waals surface area contributed by atoms with Crippen molar-refractivity contribution in [3.8, 4) is 5.75 Å². The summed E-state index contributed by atoms with van der Waals surface area (Å²) >= 11 is 0. The van der Waals surface area contributed by atoms with Gasteiger partial charge in [0.15, 0.2) is 0 Å². The van der Waals surface area contributed by atoms with Crippen molar-refractivity contribution in [2.45, 2.75) is 37.7 Å². The predicted octanol–water partition coefficient (Wildman–Crippen LogP) is 3.78. The summed E-state index contributed by atoms with van der Waals surface area (Å²) in [7, 11) is 1.57. The standard InChI is InChI=1S/C28H32O4/c1-31-25(29)27-22-15-9-5-8-14(15)21-19(22)20-23(27)16-10-11-17-18(16)24(20)26(21,28(17,27)30)12-32-13-6-3-2-4-7-13/h2-4,6-7,14-24,30H,5,8-12H2,1H3/t14-,15+,16-,17-,18+,19+,20+,21-,22-,23+,24+,26-,27-,28-/m0/s1. The third kappa shape index (κ3) is 1.32. The monoisotopic (exact) mass is 432 g/mol. The van der Waals surface area contributed by atoms with Gasteiger partial charge in [0, 0.05) is 5.41 Å². The van der Waals surface area contributed by atoms with Gasteiger partial charge in [-0.1, -0.05) is 24.6 Å². The normalized spacial score (nSPS) is 62.4. The Morgan fingerprint density at radius 2 is 1.66 bits per heavy atom. The maximum Gasteiger partial charge on any atom is 0.315 e. The Morgan fingerprint density at radius 3 is 2.44 bits per heavy atom. The van der Waals surface area contributed by atoms with Crippen LogP contribution in [0.2, 0.25) is 0 Å². The molecule has 9 fully saturated rings. The number of benzene rings is 1. The molecule has 4 nitrogen and oxygen atoms in total. The second-order valence-corrected chi connectivity index (χ2v) is 12.7. The van der Waals surface area contributed by atoms with Crippen LogP contribution in [-0.2, 0) is 9.53 Å². The van der Waals surface area contributed by atoms with Crippen molar-refractivity contribution >= 4 is 5.97 Å². The van der Waals surface area contributed by atoms with Crippen molar-refractivity contribution in [2.24, 2.45) is 75.9 Å². The van der Waals surface area contributed by atoms with Gasteiger partial charge in [-0.05, 0) is 103 Å². The number of hydrogen-bond acceptors (Lipinski definition) is 4. The second kappa shape index (κ2) is 5.09. The molecule has 1 aromatic carbocycles. The van der Waals surface area contributed by atoms with Gasteiger partial charge in [0.1, 0.15) is 11.2 Å². The van der Waals surface area contributed by atoms with Crippen LogP contribution in [0.15, 0.2) is 30.3 Å². The fourth-order valence-corrected chi connectivity index (χ4v) is 13.7. The number of carbonyl (C=O) groups is 1. The van der Waals surface area contributed by atoms with E-state index in [2.05, 4.69) is 0 Å². The van der Waals surface area contributed by atoms with E-state index in [9.17, 15) is 9.90 Å². The van der Waals surface area contributed by atoms with Crippen LogP contribution in [0.3, 0.4) is 0 Å². The minimum atomic E-state index is -0.946. The molecule has 9 aliphatic rings. The van der Waals surface area contributed by atoms with Crippen molar-refractivity contribution in [1.82, 2.24) is 0 Å². The lowest BCUT2D eigenvalue weighted by molar-refractivity contribution is -0.271. The topological polar surface area (TPSA) is 55.8 Å². The Morgan fingerprint density at radius 1 is 0.938 bits per heavy atom. The highest BCUT2D eigenvalue weighted by atomic mass is 16.5. The van der Waals surface area contributed by atoms with Crippen molar-refractivity contribution in [1.29, 1.82) is 0 Å². The van der Waals surface area contributed by atoms with E-state index in [0.29, 0.717) is 65.8 Å². The SMILES string of the molecule is COC(=O)[C@@]12[C@@H]3[C@H]4CC[C@H]5[C@@H]4[C@@H]4[C@@H]3[C@@H]3[C@H]([C@H]6CCC[C@H]6[C@@H]31)[C@]4(COc1ccccc1)[C@@]52O. The molecule has 9 bridgehead atoms. The maximum atomic E-state index is 14.0. The molecule has 0 spiro atoms. The summed E-state index contributed by atoms with van der Waals surface area (Å²) in [5.41, 5.74) is -1.89. The molecule has 0 unspecified atom stereocenters. The molecule has 168 valence electrons. The zero-order valence-electron chi connectivity index (χ0n) is 18.7. The van der Waals surface area contributed by atoms with E-state index in [1.165, 1.54) is 25.7 Å². The van der Waals surface area contributed by atoms with Gasteiger partial charge in [0.25, 0.3) is 0 Å². The van der Waals surface area contributed by atoms with Crippen molar-refractivity contribution in [3.63, 3.8) is 0 Å². The zero-order chi connectivity index (χ0) is 21.2. The number of aliphatic hydroxyl groups is 1. The number of rotatable bonds is 4. The minimum Gasteiger partial charge on any atom is -0.493 e. The second-order valence-electron chi connectivity index (χ2n) is 12.7. The molecule has 9 aliphatic carbocycles. The lowest BCUT2D eigenvalue weighted by atomic mass is 9.42. The molecular formula is C28H32O4. The first-order valence-corrected chi connectivity index (χ1v) is 13.1. The Labute approximate surface area is 189 Å². The van der Waals surface area contributed by atoms with E-state index in [1.807, 2.05) is 30.3 Å². The number of carbonyl (C=O) groups excluding carboxylic acids is 1. The lowest BCUT2D eigenvalue weighted by Crippen LogP contribution is -2.74. The quantitative estimate of drug-likeness (QED) is 0.736. The fraction of sp³-hybridized carbons (Fsp3) is 0.750. The van der Waals surface area contributed by atoms with Crippen LogP contribution in [0.1, 0.15) is 32.1 Å². The van der Waals surface area contributed by atoms with Crippen molar-refractivity contribution < 1.29 is 19.4 Å². The van der Waals surface area contributed by atoms with E-state index in [0.717, 1.165) is 12.2 Å². The maximum absolute atomic E-state index is 14.0. The summed E-state index contributed by atoms with van der Waals surface area (Å²) < 4.78 is 12.3. The molecule has 0 saturated heterocycles. The Bertz CT molecular complexity index is 1050. The summed E-state index contributed by atoms with van der Waals surface area (Å²) in [6.07, 6.45) is 6.12. The lowest BCUT2D eigenvalue weighted by Gasteiger charge is -2.63. The number of ether oxygens (including phenoxy) is 2. The van der Waals surface area contributed by atoms with Crippen LogP contribution in [0.4, 0.5) is 0 Å². The minimum absolute atomic E-state index is 0.0618. The largest absolute Gasteiger partial charge is 0.493 e. The van der Waals surface area contributed by atoms with Crippen LogP contribution in [0, 0.1) is 75.9 Å². The van der Waals surface area contributed by atoms with Crippen LogP contribution in [0.5, 0.6) is 5.75 Å². The van der Waals surface area contributed by atoms with Gasteiger partial charge in [-0.25, -0.2) is 0 Å². The third-order valence-corrected chi connectivity index (χ3v) is 13.2. The van der Waals surface area contributed by atoms with Crippen LogP contribution >= 0.6 is 0 Å². The molecule has 4 heteroatoms. The van der Waals surface area contributed by atoms with E-state index in [1.54, 1.807) is 7.11 Å². The first kappa shape index (κ1) is 17.9. The summed E-state index contributed by atoms with van der Waals surface area (Å²) in [5, 5.41) is 13.2. The predicted molar refractivity (Wildman–Crippen MR) is 115 cm³/mol. The highest BCUT2D eigenvalue weighted by Crippen LogP contribution is 2.98. The third-order valence-electron chi connectivity index (χ3n) is 13.2. The molecule has 0 radical (unpaired) electrons. The number of para-hydroxylation sites is 1. The number of fused-ring (bicyclic) bond motifs is 1. The van der Waals surface area contributed by atoms with Crippen LogP contribution in [-0.4, -0.2) is 30.4 Å². The molecule has 0 amide bonds. The molecule has 10 rings (SSSR count). The van der Waals surface area contributed by atoms with Crippen LogP contribution in [0.25, 0.3) is 0 Å². The fourth-order valence-electron chi connectivity index (χ4n) is 13.7. The van der Waals surface area contributed by atoms with Gasteiger partial charge < -0.3 is 14.6 Å². The highest BCUT2D eigenvalue weighted by Gasteiger charge is 3.02. The van der Waals surface area contributed by atoms with Crippen molar-refractivity contribution in [3.05, 3.63) is 30.3 Å². The van der Waals surface area contributed by atoms with E-state index >= 15 is 0 Å². The van der Waals surface area contributed by atoms with E-state index in [-0.39, 0.29) is 17.3 Å². The summed E-state index contributed by atoms with van der Waals surface area (Å²) in [4.78, 5) is 14.0. The molecule has 14 atom stereocenters. The van der Waals surface area contributed by atoms with Gasteiger partial charge in [0.2, 0.25) is 0 Å².